The Morgan fingerprint density at radius 1 is 1.12 bits per heavy atom. The van der Waals surface area contributed by atoms with Crippen LogP contribution in [0.4, 0.5) is 0 Å². The highest BCUT2D eigenvalue weighted by molar-refractivity contribution is 5.65. The van der Waals surface area contributed by atoms with Crippen LogP contribution < -0.4 is 4.74 Å². The van der Waals surface area contributed by atoms with Crippen molar-refractivity contribution in [2.24, 2.45) is 5.41 Å². The second kappa shape index (κ2) is 5.26. The van der Waals surface area contributed by atoms with Crippen LogP contribution in [0.2, 0.25) is 0 Å². The second-order valence-electron chi connectivity index (χ2n) is 5.14. The lowest BCUT2D eigenvalue weighted by Gasteiger charge is -2.23. The third-order valence-electron chi connectivity index (χ3n) is 3.00. The van der Waals surface area contributed by atoms with Crippen molar-refractivity contribution >= 4 is 5.76 Å². The Labute approximate surface area is 104 Å². The normalized spacial score (nSPS) is 13.1. The minimum Gasteiger partial charge on any atom is -0.497 e. The van der Waals surface area contributed by atoms with Crippen LogP contribution in [-0.4, -0.2) is 14.2 Å². The van der Waals surface area contributed by atoms with E-state index in [-0.39, 0.29) is 5.41 Å². The van der Waals surface area contributed by atoms with Gasteiger partial charge in [0.25, 0.3) is 0 Å². The Balaban J connectivity index is 3.27. The molecule has 0 unspecified atom stereocenters. The van der Waals surface area contributed by atoms with Crippen molar-refractivity contribution in [3.63, 3.8) is 0 Å². The number of hydrogen-bond donors (Lipinski definition) is 0. The van der Waals surface area contributed by atoms with E-state index in [1.165, 1.54) is 5.57 Å². The molecule has 0 amide bonds. The number of ether oxygens (including phenoxy) is 2. The molecule has 94 valence electrons. The van der Waals surface area contributed by atoms with E-state index < -0.39 is 0 Å². The first kappa shape index (κ1) is 13.6. The predicted octanol–water partition coefficient (Wildman–Crippen LogP) is 4.12. The standard InChI is InChI=1S/C15H22O2/c1-11(15(2,3)4)14(17-6)12-8-7-9-13(10-12)16-5/h7-10H,1-6H3. The van der Waals surface area contributed by atoms with E-state index in [2.05, 4.69) is 27.7 Å². The summed E-state index contributed by atoms with van der Waals surface area (Å²) in [5, 5.41) is 0. The van der Waals surface area contributed by atoms with Gasteiger partial charge < -0.3 is 9.47 Å². The summed E-state index contributed by atoms with van der Waals surface area (Å²) in [6.07, 6.45) is 0. The molecule has 1 aromatic carbocycles. The second-order valence-corrected chi connectivity index (χ2v) is 5.14. The van der Waals surface area contributed by atoms with E-state index in [1.54, 1.807) is 14.2 Å². The van der Waals surface area contributed by atoms with Gasteiger partial charge in [-0.25, -0.2) is 0 Å². The van der Waals surface area contributed by atoms with Gasteiger partial charge in [-0.2, -0.15) is 0 Å². The minimum atomic E-state index is 0.0917. The Morgan fingerprint density at radius 3 is 2.24 bits per heavy atom. The molecule has 0 aliphatic carbocycles. The van der Waals surface area contributed by atoms with Crippen LogP contribution in [0.1, 0.15) is 33.3 Å². The Hall–Kier alpha value is -1.44. The molecule has 0 spiro atoms. The van der Waals surface area contributed by atoms with Gasteiger partial charge in [0.2, 0.25) is 0 Å². The highest BCUT2D eigenvalue weighted by atomic mass is 16.5. The van der Waals surface area contributed by atoms with Crippen LogP contribution in [0.5, 0.6) is 5.75 Å². The Bertz CT molecular complexity index is 411. The zero-order valence-electron chi connectivity index (χ0n) is 11.6. The van der Waals surface area contributed by atoms with E-state index in [0.717, 1.165) is 17.1 Å². The maximum absolute atomic E-state index is 5.55. The average Bonchev–Trinajstić information content (AvgIpc) is 2.29. The first-order valence-electron chi connectivity index (χ1n) is 5.80. The molecule has 1 aromatic rings. The van der Waals surface area contributed by atoms with Crippen LogP contribution in [0.15, 0.2) is 29.8 Å². The quantitative estimate of drug-likeness (QED) is 0.732. The summed E-state index contributed by atoms with van der Waals surface area (Å²) in [5.41, 5.74) is 2.38. The number of benzene rings is 1. The van der Waals surface area contributed by atoms with Gasteiger partial charge in [-0.05, 0) is 30.0 Å². The fraction of sp³-hybridized carbons (Fsp3) is 0.467. The summed E-state index contributed by atoms with van der Waals surface area (Å²) in [7, 11) is 3.38. The largest absolute Gasteiger partial charge is 0.497 e. The van der Waals surface area contributed by atoms with Crippen molar-refractivity contribution < 1.29 is 9.47 Å². The molecule has 0 radical (unpaired) electrons. The molecule has 2 nitrogen and oxygen atoms in total. The summed E-state index contributed by atoms with van der Waals surface area (Å²) < 4.78 is 10.8. The lowest BCUT2D eigenvalue weighted by atomic mass is 9.85. The summed E-state index contributed by atoms with van der Waals surface area (Å²) in [5.74, 6) is 1.77. The van der Waals surface area contributed by atoms with Gasteiger partial charge in [-0.1, -0.05) is 32.9 Å². The lowest BCUT2D eigenvalue weighted by Crippen LogP contribution is -2.10. The number of hydrogen-bond acceptors (Lipinski definition) is 2. The van der Waals surface area contributed by atoms with E-state index in [9.17, 15) is 0 Å². The summed E-state index contributed by atoms with van der Waals surface area (Å²) >= 11 is 0. The average molecular weight is 234 g/mol. The fourth-order valence-corrected chi connectivity index (χ4v) is 1.59. The zero-order valence-corrected chi connectivity index (χ0v) is 11.6. The molecule has 2 heteroatoms. The van der Waals surface area contributed by atoms with Crippen molar-refractivity contribution in [2.45, 2.75) is 27.7 Å². The zero-order chi connectivity index (χ0) is 13.1. The van der Waals surface area contributed by atoms with Crippen molar-refractivity contribution in [3.8, 4) is 5.75 Å². The van der Waals surface area contributed by atoms with Crippen molar-refractivity contribution in [3.05, 3.63) is 35.4 Å². The van der Waals surface area contributed by atoms with Crippen LogP contribution in [0.3, 0.4) is 0 Å². The molecule has 17 heavy (non-hydrogen) atoms. The van der Waals surface area contributed by atoms with E-state index >= 15 is 0 Å². The van der Waals surface area contributed by atoms with Crippen molar-refractivity contribution in [2.75, 3.05) is 14.2 Å². The fourth-order valence-electron chi connectivity index (χ4n) is 1.59. The van der Waals surface area contributed by atoms with Crippen LogP contribution in [-0.2, 0) is 4.74 Å². The molecule has 0 N–H and O–H groups in total. The predicted molar refractivity (Wildman–Crippen MR) is 72.1 cm³/mol. The molecule has 0 saturated heterocycles. The first-order chi connectivity index (χ1) is 7.90. The maximum atomic E-state index is 5.55. The highest BCUT2D eigenvalue weighted by Crippen LogP contribution is 2.33. The molecule has 0 atom stereocenters. The number of rotatable bonds is 3. The van der Waals surface area contributed by atoms with Gasteiger partial charge in [0, 0.05) is 5.56 Å². The van der Waals surface area contributed by atoms with Crippen LogP contribution in [0.25, 0.3) is 5.76 Å². The number of methoxy groups -OCH3 is 2. The van der Waals surface area contributed by atoms with Gasteiger partial charge in [0.1, 0.15) is 11.5 Å². The molecule has 0 bridgehead atoms. The van der Waals surface area contributed by atoms with Gasteiger partial charge in [-0.3, -0.25) is 0 Å². The van der Waals surface area contributed by atoms with Crippen LogP contribution in [0, 0.1) is 5.41 Å². The first-order valence-corrected chi connectivity index (χ1v) is 5.80. The maximum Gasteiger partial charge on any atom is 0.125 e. The SMILES string of the molecule is COC(=C(C)C(C)(C)C)c1cccc(OC)c1. The molecule has 1 rings (SSSR count). The third-order valence-corrected chi connectivity index (χ3v) is 3.00. The molecule has 0 aliphatic rings. The molecule has 0 aliphatic heterocycles. The minimum absolute atomic E-state index is 0.0917. The smallest absolute Gasteiger partial charge is 0.125 e. The third kappa shape index (κ3) is 3.26. The van der Waals surface area contributed by atoms with Gasteiger partial charge in [0.05, 0.1) is 14.2 Å². The van der Waals surface area contributed by atoms with E-state index in [1.807, 2.05) is 24.3 Å². The van der Waals surface area contributed by atoms with Crippen LogP contribution >= 0.6 is 0 Å². The molecule has 0 heterocycles. The van der Waals surface area contributed by atoms with Gasteiger partial charge >= 0.3 is 0 Å². The Kier molecular flexibility index (Phi) is 4.22. The Morgan fingerprint density at radius 2 is 1.76 bits per heavy atom. The summed E-state index contributed by atoms with van der Waals surface area (Å²) in [6.45, 7) is 8.66. The molecular formula is C15H22O2. The van der Waals surface area contributed by atoms with Gasteiger partial charge in [0.15, 0.2) is 0 Å². The summed E-state index contributed by atoms with van der Waals surface area (Å²) in [4.78, 5) is 0. The number of allylic oxidation sites excluding steroid dienone is 1. The molecule has 0 aromatic heterocycles. The molecular weight excluding hydrogens is 212 g/mol. The molecule has 0 saturated carbocycles. The lowest BCUT2D eigenvalue weighted by molar-refractivity contribution is 0.353. The van der Waals surface area contributed by atoms with Gasteiger partial charge in [-0.15, -0.1) is 0 Å². The topological polar surface area (TPSA) is 18.5 Å². The molecule has 0 fully saturated rings. The monoisotopic (exact) mass is 234 g/mol. The van der Waals surface area contributed by atoms with E-state index in [4.69, 9.17) is 9.47 Å². The van der Waals surface area contributed by atoms with Crippen molar-refractivity contribution in [1.82, 2.24) is 0 Å². The highest BCUT2D eigenvalue weighted by Gasteiger charge is 2.19. The summed E-state index contributed by atoms with van der Waals surface area (Å²) in [6, 6.07) is 7.94. The van der Waals surface area contributed by atoms with E-state index in [0.29, 0.717) is 0 Å². The van der Waals surface area contributed by atoms with Crippen molar-refractivity contribution in [1.29, 1.82) is 0 Å².